The largest absolute Gasteiger partial charge is 0.467 e. The molecule has 3 aliphatic heterocycles. The average molecular weight is 567 g/mol. The monoisotopic (exact) mass is 566 g/mol. The number of aryl methyl sites for hydroxylation is 1. The van der Waals surface area contributed by atoms with Gasteiger partial charge in [-0.2, -0.15) is 5.10 Å². The number of hydrogen-bond acceptors (Lipinski definition) is 7. The van der Waals surface area contributed by atoms with E-state index < -0.39 is 48.8 Å². The van der Waals surface area contributed by atoms with Crippen molar-refractivity contribution >= 4 is 40.4 Å². The number of alkyl halides is 2. The number of pyridine rings is 1. The molecule has 5 heterocycles. The number of H-pyrrole nitrogens is 1. The highest BCUT2D eigenvalue weighted by Gasteiger charge is 2.55. The van der Waals surface area contributed by atoms with Crippen LogP contribution in [0, 0.1) is 6.92 Å². The van der Waals surface area contributed by atoms with E-state index in [1.807, 2.05) is 13.0 Å². The smallest absolute Gasteiger partial charge is 0.328 e. The molecule has 6 rings (SSSR count). The molecule has 2 saturated heterocycles. The van der Waals surface area contributed by atoms with Crippen LogP contribution in [0.1, 0.15) is 40.7 Å². The van der Waals surface area contributed by atoms with Gasteiger partial charge in [0.25, 0.3) is 11.8 Å². The fourth-order valence-corrected chi connectivity index (χ4v) is 6.47. The first kappa shape index (κ1) is 26.8. The zero-order valence-electron chi connectivity index (χ0n) is 22.5. The van der Waals surface area contributed by atoms with Crippen LogP contribution in [0.5, 0.6) is 0 Å². The van der Waals surface area contributed by atoms with Gasteiger partial charge in [-0.3, -0.25) is 19.5 Å². The van der Waals surface area contributed by atoms with Gasteiger partial charge in [-0.05, 0) is 43.0 Å². The molecule has 2 fully saturated rings. The number of carbonyl (C=O) groups excluding carboxylic acids is 4. The van der Waals surface area contributed by atoms with Crippen LogP contribution in [0.15, 0.2) is 36.7 Å². The third-order valence-electron chi connectivity index (χ3n) is 8.47. The van der Waals surface area contributed by atoms with E-state index in [2.05, 4.69) is 19.9 Å². The minimum absolute atomic E-state index is 0.207. The van der Waals surface area contributed by atoms with E-state index in [0.717, 1.165) is 23.1 Å². The number of aromatic amines is 1. The van der Waals surface area contributed by atoms with Crippen LogP contribution >= 0.6 is 0 Å². The van der Waals surface area contributed by atoms with Crippen molar-refractivity contribution in [2.45, 2.75) is 43.6 Å². The second-order valence-corrected chi connectivity index (χ2v) is 10.9. The van der Waals surface area contributed by atoms with Crippen molar-refractivity contribution in [1.29, 1.82) is 0 Å². The predicted octanol–water partition coefficient (Wildman–Crippen LogP) is 2.20. The molecule has 214 valence electrons. The van der Waals surface area contributed by atoms with Gasteiger partial charge >= 0.3 is 5.97 Å². The number of aromatic nitrogens is 3. The van der Waals surface area contributed by atoms with Gasteiger partial charge < -0.3 is 19.4 Å². The lowest BCUT2D eigenvalue weighted by Crippen LogP contribution is -2.52. The number of fused-ring (bicyclic) bond motifs is 3. The third-order valence-corrected chi connectivity index (χ3v) is 8.47. The van der Waals surface area contributed by atoms with Crippen LogP contribution < -0.4 is 4.90 Å². The van der Waals surface area contributed by atoms with Gasteiger partial charge in [-0.1, -0.05) is 12.1 Å². The zero-order valence-corrected chi connectivity index (χ0v) is 22.5. The van der Waals surface area contributed by atoms with Crippen molar-refractivity contribution in [3.8, 4) is 0 Å². The number of nitrogens with one attached hydrogen (secondary N) is 1. The van der Waals surface area contributed by atoms with Gasteiger partial charge in [-0.25, -0.2) is 18.6 Å². The predicted molar refractivity (Wildman–Crippen MR) is 141 cm³/mol. The summed E-state index contributed by atoms with van der Waals surface area (Å²) in [6.07, 6.45) is 2.91. The fourth-order valence-electron chi connectivity index (χ4n) is 6.47. The van der Waals surface area contributed by atoms with Gasteiger partial charge in [0.05, 0.1) is 30.8 Å². The van der Waals surface area contributed by atoms with Crippen LogP contribution in [0.4, 0.5) is 14.5 Å². The van der Waals surface area contributed by atoms with Crippen molar-refractivity contribution < 1.29 is 32.7 Å². The number of benzene rings is 1. The Hall–Kier alpha value is -4.42. The van der Waals surface area contributed by atoms with Crippen molar-refractivity contribution in [3.63, 3.8) is 0 Å². The highest BCUT2D eigenvalue weighted by atomic mass is 19.3. The molecule has 0 aliphatic carbocycles. The van der Waals surface area contributed by atoms with Crippen LogP contribution in [0.2, 0.25) is 0 Å². The Labute approximate surface area is 233 Å². The van der Waals surface area contributed by atoms with Crippen molar-refractivity contribution in [3.05, 3.63) is 53.3 Å². The zero-order chi connectivity index (χ0) is 29.1. The lowest BCUT2D eigenvalue weighted by Gasteiger charge is -2.39. The number of nitrogens with zero attached hydrogens (tertiary/aromatic N) is 5. The Balaban J connectivity index is 1.24. The highest BCUT2D eigenvalue weighted by molar-refractivity contribution is 6.11. The molecule has 13 heteroatoms. The molecule has 0 radical (unpaired) electrons. The number of halogens is 2. The molecule has 0 saturated carbocycles. The molecular formula is C28H28F2N6O5. The quantitative estimate of drug-likeness (QED) is 0.480. The molecular weight excluding hydrogens is 538 g/mol. The lowest BCUT2D eigenvalue weighted by molar-refractivity contribution is -0.150. The van der Waals surface area contributed by atoms with Crippen LogP contribution in [-0.2, 0) is 24.5 Å². The first-order valence-corrected chi connectivity index (χ1v) is 13.3. The number of piperidine rings is 1. The van der Waals surface area contributed by atoms with E-state index in [1.165, 1.54) is 11.1 Å². The Bertz CT molecular complexity index is 1580. The number of methoxy groups -OCH3 is 1. The van der Waals surface area contributed by atoms with Crippen molar-refractivity contribution in [2.75, 3.05) is 38.2 Å². The summed E-state index contributed by atoms with van der Waals surface area (Å²) in [5.74, 6) is -5.44. The number of ether oxygens (including phenoxy) is 1. The second kappa shape index (κ2) is 9.60. The molecule has 2 aromatic heterocycles. The van der Waals surface area contributed by atoms with Crippen LogP contribution in [-0.4, -0.2) is 93.9 Å². The van der Waals surface area contributed by atoms with Gasteiger partial charge in [0, 0.05) is 36.8 Å². The molecule has 1 N–H and O–H groups in total. The van der Waals surface area contributed by atoms with Gasteiger partial charge in [0.15, 0.2) is 5.65 Å². The van der Waals surface area contributed by atoms with E-state index in [0.29, 0.717) is 48.2 Å². The van der Waals surface area contributed by atoms with Crippen LogP contribution in [0.25, 0.3) is 11.0 Å². The topological polar surface area (TPSA) is 129 Å². The number of hydrogen-bond donors (Lipinski definition) is 1. The Morgan fingerprint density at radius 2 is 1.93 bits per heavy atom. The first-order valence-electron chi connectivity index (χ1n) is 13.3. The maximum Gasteiger partial charge on any atom is 0.328 e. The Morgan fingerprint density at radius 3 is 2.66 bits per heavy atom. The molecule has 11 nitrogen and oxygen atoms in total. The number of likely N-dealkylation sites (tertiary alicyclic amines) is 2. The standard InChI is InChI=1S/C28H28F2N6O5/c1-16-4-3-5-19-22(16)27(6-8-34(9-7-27)24(38)18-10-17-13-32-33-23(17)31-12-18)26(40)35(19)14-21(37)36-15-28(29,30)11-20(36)25(39)41-2/h3-5,10,12-13,20H,6-9,11,14-15H2,1-2H3,(H,31,32,33)/t20-/m0/s1. The van der Waals surface area contributed by atoms with E-state index in [-0.39, 0.29) is 11.8 Å². The lowest BCUT2D eigenvalue weighted by atomic mass is 9.72. The Morgan fingerprint density at radius 1 is 1.17 bits per heavy atom. The average Bonchev–Trinajstić information content (AvgIpc) is 3.63. The van der Waals surface area contributed by atoms with Gasteiger partial charge in [0.1, 0.15) is 12.6 Å². The number of carbonyl (C=O) groups is 4. The van der Waals surface area contributed by atoms with Crippen molar-refractivity contribution in [2.24, 2.45) is 0 Å². The van der Waals surface area contributed by atoms with Crippen molar-refractivity contribution in [1.82, 2.24) is 25.0 Å². The molecule has 1 atom stereocenters. The molecule has 0 unspecified atom stereocenters. The minimum Gasteiger partial charge on any atom is -0.467 e. The van der Waals surface area contributed by atoms with Crippen LogP contribution in [0.3, 0.4) is 0 Å². The summed E-state index contributed by atoms with van der Waals surface area (Å²) >= 11 is 0. The summed E-state index contributed by atoms with van der Waals surface area (Å²) in [6, 6.07) is 5.70. The number of rotatable bonds is 4. The molecule has 1 aromatic carbocycles. The summed E-state index contributed by atoms with van der Waals surface area (Å²) < 4.78 is 33.1. The summed E-state index contributed by atoms with van der Waals surface area (Å²) in [5.41, 5.74) is 2.20. The maximum absolute atomic E-state index is 14.2. The Kier molecular flexibility index (Phi) is 6.27. The van der Waals surface area contributed by atoms with E-state index >= 15 is 0 Å². The summed E-state index contributed by atoms with van der Waals surface area (Å²) in [7, 11) is 1.08. The van der Waals surface area contributed by atoms with E-state index in [4.69, 9.17) is 0 Å². The molecule has 3 aliphatic rings. The molecule has 1 spiro atoms. The van der Waals surface area contributed by atoms with Gasteiger partial charge in [0.2, 0.25) is 11.8 Å². The molecule has 41 heavy (non-hydrogen) atoms. The highest BCUT2D eigenvalue weighted by Crippen LogP contribution is 2.49. The summed E-state index contributed by atoms with van der Waals surface area (Å²) in [6.45, 7) is 1.07. The summed E-state index contributed by atoms with van der Waals surface area (Å²) in [5, 5.41) is 7.40. The molecule has 3 aromatic rings. The number of amides is 3. The third kappa shape index (κ3) is 4.30. The molecule has 0 bridgehead atoms. The normalized spacial score (nSPS) is 21.0. The first-order chi connectivity index (χ1) is 19.5. The maximum atomic E-state index is 14.2. The van der Waals surface area contributed by atoms with E-state index in [9.17, 15) is 28.0 Å². The fraction of sp³-hybridized carbons (Fsp3) is 0.429. The van der Waals surface area contributed by atoms with Gasteiger partial charge in [-0.15, -0.1) is 0 Å². The molecule has 3 amide bonds. The minimum atomic E-state index is -3.24. The SMILES string of the molecule is COC(=O)[C@@H]1CC(F)(F)CN1C(=O)CN1C(=O)C2(CCN(C(=O)c3cnc4[nH]ncc4c3)CC2)c2c(C)cccc21. The number of anilines is 1. The van der Waals surface area contributed by atoms with E-state index in [1.54, 1.807) is 29.3 Å². The second-order valence-electron chi connectivity index (χ2n) is 10.9. The summed E-state index contributed by atoms with van der Waals surface area (Å²) in [4.78, 5) is 61.0. The number of esters is 1.